The number of nitrogens with two attached hydrogens (primary N) is 1. The summed E-state index contributed by atoms with van der Waals surface area (Å²) in [6.45, 7) is 5.54. The lowest BCUT2D eigenvalue weighted by atomic mass is 9.88. The highest BCUT2D eigenvalue weighted by atomic mass is 16.5. The largest absolute Gasteiger partial charge is 0.381 e. The maximum Gasteiger partial charge on any atom is 0.0601 e. The second kappa shape index (κ2) is 7.25. The fourth-order valence-electron chi connectivity index (χ4n) is 2.18. The zero-order chi connectivity index (χ0) is 12.0. The first-order valence-electron chi connectivity index (χ1n) is 6.63. The highest BCUT2D eigenvalue weighted by Crippen LogP contribution is 2.22. The smallest absolute Gasteiger partial charge is 0.0601 e. The SMILES string of the molecule is COC1CC(NCC(C)CCCC(C)N)C1. The lowest BCUT2D eigenvalue weighted by Crippen LogP contribution is -2.46. The molecular formula is C13H28N2O. The van der Waals surface area contributed by atoms with Crippen molar-refractivity contribution in [3.63, 3.8) is 0 Å². The lowest BCUT2D eigenvalue weighted by Gasteiger charge is -2.35. The average molecular weight is 228 g/mol. The lowest BCUT2D eigenvalue weighted by molar-refractivity contribution is 0.0165. The zero-order valence-electron chi connectivity index (χ0n) is 11.0. The van der Waals surface area contributed by atoms with Crippen molar-refractivity contribution < 1.29 is 4.74 Å². The molecular weight excluding hydrogens is 200 g/mol. The second-order valence-corrected chi connectivity index (χ2v) is 5.45. The first-order chi connectivity index (χ1) is 7.61. The van der Waals surface area contributed by atoms with Crippen LogP contribution in [0.25, 0.3) is 0 Å². The molecule has 2 atom stereocenters. The van der Waals surface area contributed by atoms with Crippen LogP contribution in [0.15, 0.2) is 0 Å². The van der Waals surface area contributed by atoms with Gasteiger partial charge >= 0.3 is 0 Å². The van der Waals surface area contributed by atoms with Gasteiger partial charge in [0, 0.05) is 19.2 Å². The van der Waals surface area contributed by atoms with E-state index in [4.69, 9.17) is 10.5 Å². The minimum absolute atomic E-state index is 0.356. The van der Waals surface area contributed by atoms with Gasteiger partial charge in [0.25, 0.3) is 0 Å². The first-order valence-corrected chi connectivity index (χ1v) is 6.63. The van der Waals surface area contributed by atoms with Crippen molar-refractivity contribution in [3.8, 4) is 0 Å². The average Bonchev–Trinajstić information content (AvgIpc) is 2.15. The van der Waals surface area contributed by atoms with Crippen LogP contribution in [0.4, 0.5) is 0 Å². The van der Waals surface area contributed by atoms with Gasteiger partial charge in [-0.05, 0) is 45.1 Å². The predicted octanol–water partition coefficient (Wildman–Crippen LogP) is 1.91. The molecule has 1 fully saturated rings. The van der Waals surface area contributed by atoms with E-state index in [-0.39, 0.29) is 0 Å². The third-order valence-electron chi connectivity index (χ3n) is 3.54. The van der Waals surface area contributed by atoms with Crippen LogP contribution in [-0.4, -0.2) is 31.8 Å². The van der Waals surface area contributed by atoms with Gasteiger partial charge in [0.15, 0.2) is 0 Å². The van der Waals surface area contributed by atoms with Gasteiger partial charge < -0.3 is 15.8 Å². The topological polar surface area (TPSA) is 47.3 Å². The Bertz CT molecular complexity index is 179. The summed E-state index contributed by atoms with van der Waals surface area (Å²) in [6.07, 6.45) is 6.57. The van der Waals surface area contributed by atoms with Gasteiger partial charge in [0.1, 0.15) is 0 Å². The Morgan fingerprint density at radius 2 is 2.00 bits per heavy atom. The third-order valence-corrected chi connectivity index (χ3v) is 3.54. The summed E-state index contributed by atoms with van der Waals surface area (Å²) in [5.41, 5.74) is 5.73. The van der Waals surface area contributed by atoms with E-state index in [9.17, 15) is 0 Å². The summed E-state index contributed by atoms with van der Waals surface area (Å²) < 4.78 is 5.26. The Kier molecular flexibility index (Phi) is 6.32. The van der Waals surface area contributed by atoms with E-state index in [1.54, 1.807) is 7.11 Å². The van der Waals surface area contributed by atoms with Crippen LogP contribution < -0.4 is 11.1 Å². The van der Waals surface area contributed by atoms with Crippen molar-refractivity contribution in [2.24, 2.45) is 11.7 Å². The van der Waals surface area contributed by atoms with Crippen LogP contribution in [0.5, 0.6) is 0 Å². The van der Waals surface area contributed by atoms with E-state index in [0.717, 1.165) is 18.9 Å². The molecule has 3 heteroatoms. The fourth-order valence-corrected chi connectivity index (χ4v) is 2.18. The Hall–Kier alpha value is -0.120. The van der Waals surface area contributed by atoms with Gasteiger partial charge in [-0.2, -0.15) is 0 Å². The molecule has 0 saturated heterocycles. The summed E-state index contributed by atoms with van der Waals surface area (Å²) in [5, 5.41) is 3.61. The molecule has 1 aliphatic carbocycles. The van der Waals surface area contributed by atoms with Gasteiger partial charge in [-0.3, -0.25) is 0 Å². The molecule has 0 aromatic rings. The highest BCUT2D eigenvalue weighted by molar-refractivity contribution is 4.85. The number of hydrogen-bond donors (Lipinski definition) is 2. The predicted molar refractivity (Wildman–Crippen MR) is 68.5 cm³/mol. The summed E-state index contributed by atoms with van der Waals surface area (Å²) in [6, 6.07) is 1.05. The van der Waals surface area contributed by atoms with Crippen LogP contribution in [-0.2, 0) is 4.74 Å². The maximum atomic E-state index is 5.73. The summed E-state index contributed by atoms with van der Waals surface area (Å²) in [7, 11) is 1.80. The molecule has 0 bridgehead atoms. The van der Waals surface area contributed by atoms with Crippen LogP contribution in [0, 0.1) is 5.92 Å². The molecule has 0 heterocycles. The molecule has 1 saturated carbocycles. The molecule has 1 aliphatic rings. The van der Waals surface area contributed by atoms with Crippen molar-refractivity contribution in [3.05, 3.63) is 0 Å². The molecule has 96 valence electrons. The Morgan fingerprint density at radius 1 is 1.31 bits per heavy atom. The molecule has 0 aromatic heterocycles. The highest BCUT2D eigenvalue weighted by Gasteiger charge is 2.28. The Balaban J connectivity index is 1.92. The van der Waals surface area contributed by atoms with Crippen LogP contribution in [0.1, 0.15) is 46.0 Å². The molecule has 0 amide bonds. The van der Waals surface area contributed by atoms with Gasteiger partial charge in [-0.1, -0.05) is 13.3 Å². The van der Waals surface area contributed by atoms with Crippen molar-refractivity contribution in [1.29, 1.82) is 0 Å². The molecule has 0 aliphatic heterocycles. The summed E-state index contributed by atoms with van der Waals surface area (Å²) in [5.74, 6) is 0.764. The number of hydrogen-bond acceptors (Lipinski definition) is 3. The minimum Gasteiger partial charge on any atom is -0.381 e. The van der Waals surface area contributed by atoms with Crippen molar-refractivity contribution in [1.82, 2.24) is 5.32 Å². The quantitative estimate of drug-likeness (QED) is 0.667. The Labute approximate surface area is 100 Å². The van der Waals surface area contributed by atoms with Crippen molar-refractivity contribution >= 4 is 0 Å². The van der Waals surface area contributed by atoms with Crippen LogP contribution in [0.2, 0.25) is 0 Å². The number of ether oxygens (including phenoxy) is 1. The van der Waals surface area contributed by atoms with Gasteiger partial charge in [0.2, 0.25) is 0 Å². The Morgan fingerprint density at radius 3 is 2.56 bits per heavy atom. The van der Waals surface area contributed by atoms with E-state index >= 15 is 0 Å². The van der Waals surface area contributed by atoms with Gasteiger partial charge in [-0.25, -0.2) is 0 Å². The normalized spacial score (nSPS) is 28.5. The molecule has 2 unspecified atom stereocenters. The van der Waals surface area contributed by atoms with E-state index in [2.05, 4.69) is 19.2 Å². The van der Waals surface area contributed by atoms with Crippen molar-refractivity contribution in [2.45, 2.75) is 64.1 Å². The van der Waals surface area contributed by atoms with Crippen LogP contribution in [0.3, 0.4) is 0 Å². The van der Waals surface area contributed by atoms with E-state index in [1.165, 1.54) is 25.7 Å². The monoisotopic (exact) mass is 228 g/mol. The standard InChI is InChI=1S/C13H28N2O/c1-10(5-4-6-11(2)14)9-15-12-7-13(8-12)16-3/h10-13,15H,4-9,14H2,1-3H3. The number of methoxy groups -OCH3 is 1. The number of rotatable bonds is 8. The molecule has 3 N–H and O–H groups in total. The van der Waals surface area contributed by atoms with E-state index in [0.29, 0.717) is 18.2 Å². The van der Waals surface area contributed by atoms with Crippen LogP contribution >= 0.6 is 0 Å². The zero-order valence-corrected chi connectivity index (χ0v) is 11.0. The van der Waals surface area contributed by atoms with Gasteiger partial charge in [-0.15, -0.1) is 0 Å². The molecule has 0 radical (unpaired) electrons. The summed E-state index contributed by atoms with van der Waals surface area (Å²) >= 11 is 0. The first kappa shape index (κ1) is 13.9. The second-order valence-electron chi connectivity index (χ2n) is 5.45. The minimum atomic E-state index is 0.356. The number of nitrogens with one attached hydrogen (secondary N) is 1. The van der Waals surface area contributed by atoms with Gasteiger partial charge in [0.05, 0.1) is 6.10 Å². The molecule has 1 rings (SSSR count). The maximum absolute atomic E-state index is 5.73. The van der Waals surface area contributed by atoms with Crippen molar-refractivity contribution in [2.75, 3.05) is 13.7 Å². The summed E-state index contributed by atoms with van der Waals surface area (Å²) in [4.78, 5) is 0. The van der Waals surface area contributed by atoms with E-state index in [1.807, 2.05) is 0 Å². The van der Waals surface area contributed by atoms with E-state index < -0.39 is 0 Å². The molecule has 16 heavy (non-hydrogen) atoms. The third kappa shape index (κ3) is 5.28. The molecule has 0 spiro atoms. The molecule has 3 nitrogen and oxygen atoms in total. The molecule has 0 aromatic carbocycles. The fraction of sp³-hybridized carbons (Fsp3) is 1.00.